The Labute approximate surface area is 66.8 Å². The molecule has 2 fully saturated rings. The van der Waals surface area contributed by atoms with E-state index >= 15 is 0 Å². The number of carbonyl (C=O) groups is 1. The smallest absolute Gasteiger partial charge is 0.238 e. The third-order valence-corrected chi connectivity index (χ3v) is 2.70. The Hall–Kier alpha value is -0.570. The molecule has 0 aromatic carbocycles. The lowest BCUT2D eigenvalue weighted by molar-refractivity contribution is -0.121. The molecular weight excluding hydrogens is 140 g/mol. The Morgan fingerprint density at radius 3 is 3.00 bits per heavy atom. The summed E-state index contributed by atoms with van der Waals surface area (Å²) in [6.45, 7) is 5.20. The molecule has 0 aromatic heterocycles. The van der Waals surface area contributed by atoms with E-state index in [2.05, 4.69) is 24.1 Å². The number of fused-ring (bicyclic) bond motifs is 1. The Morgan fingerprint density at radius 1 is 1.64 bits per heavy atom. The Morgan fingerprint density at radius 2 is 2.36 bits per heavy atom. The zero-order valence-corrected chi connectivity index (χ0v) is 7.05. The standard InChI is InChI=1S/C8H14N2O/c1-8(2)9-7(11)6-4-3-5-10(6)8/h6H,3-5H2,1-2H3,(H,9,11)/t6-/m0/s1. The monoisotopic (exact) mass is 154 g/mol. The first-order valence-corrected chi connectivity index (χ1v) is 4.20. The molecule has 0 aromatic rings. The van der Waals surface area contributed by atoms with Gasteiger partial charge in [-0.15, -0.1) is 0 Å². The molecule has 2 rings (SSSR count). The average molecular weight is 154 g/mol. The van der Waals surface area contributed by atoms with E-state index in [0.29, 0.717) is 0 Å². The van der Waals surface area contributed by atoms with Gasteiger partial charge in [-0.05, 0) is 26.7 Å². The van der Waals surface area contributed by atoms with Crippen molar-refractivity contribution in [2.75, 3.05) is 6.54 Å². The van der Waals surface area contributed by atoms with E-state index in [1.165, 1.54) is 6.42 Å². The van der Waals surface area contributed by atoms with Crippen molar-refractivity contribution in [1.82, 2.24) is 10.2 Å². The summed E-state index contributed by atoms with van der Waals surface area (Å²) in [6.07, 6.45) is 2.21. The number of rotatable bonds is 0. The van der Waals surface area contributed by atoms with Crippen LogP contribution >= 0.6 is 0 Å². The van der Waals surface area contributed by atoms with E-state index in [1.807, 2.05) is 0 Å². The van der Waals surface area contributed by atoms with Crippen molar-refractivity contribution in [3.8, 4) is 0 Å². The summed E-state index contributed by atoms with van der Waals surface area (Å²) in [6, 6.07) is 0.171. The van der Waals surface area contributed by atoms with E-state index in [0.717, 1.165) is 13.0 Å². The van der Waals surface area contributed by atoms with Crippen molar-refractivity contribution < 1.29 is 4.79 Å². The van der Waals surface area contributed by atoms with Crippen LogP contribution in [0.2, 0.25) is 0 Å². The van der Waals surface area contributed by atoms with Gasteiger partial charge in [-0.1, -0.05) is 0 Å². The average Bonchev–Trinajstić information content (AvgIpc) is 2.37. The van der Waals surface area contributed by atoms with Crippen molar-refractivity contribution in [3.05, 3.63) is 0 Å². The van der Waals surface area contributed by atoms with Crippen LogP contribution in [0.15, 0.2) is 0 Å². The van der Waals surface area contributed by atoms with E-state index in [4.69, 9.17) is 0 Å². The second-order valence-electron chi connectivity index (χ2n) is 3.90. The normalized spacial score (nSPS) is 35.5. The highest BCUT2D eigenvalue weighted by Crippen LogP contribution is 2.30. The fourth-order valence-electron chi connectivity index (χ4n) is 2.16. The maximum Gasteiger partial charge on any atom is 0.238 e. The lowest BCUT2D eigenvalue weighted by Crippen LogP contribution is -2.46. The minimum Gasteiger partial charge on any atom is -0.337 e. The minimum atomic E-state index is -0.0990. The first-order valence-electron chi connectivity index (χ1n) is 4.20. The number of nitrogens with one attached hydrogen (secondary N) is 1. The lowest BCUT2D eigenvalue weighted by atomic mass is 10.2. The summed E-state index contributed by atoms with van der Waals surface area (Å²) in [7, 11) is 0. The lowest BCUT2D eigenvalue weighted by Gasteiger charge is -2.28. The summed E-state index contributed by atoms with van der Waals surface area (Å²) in [4.78, 5) is 13.6. The quantitative estimate of drug-likeness (QED) is 0.545. The van der Waals surface area contributed by atoms with Crippen molar-refractivity contribution in [3.63, 3.8) is 0 Å². The molecular formula is C8H14N2O. The highest BCUT2D eigenvalue weighted by Gasteiger charge is 2.46. The van der Waals surface area contributed by atoms with Crippen molar-refractivity contribution in [1.29, 1.82) is 0 Å². The van der Waals surface area contributed by atoms with E-state index in [1.54, 1.807) is 0 Å². The second-order valence-corrected chi connectivity index (χ2v) is 3.90. The topological polar surface area (TPSA) is 32.3 Å². The largest absolute Gasteiger partial charge is 0.337 e. The maximum absolute atomic E-state index is 11.3. The van der Waals surface area contributed by atoms with Gasteiger partial charge in [0.05, 0.1) is 11.7 Å². The predicted molar refractivity (Wildman–Crippen MR) is 41.9 cm³/mol. The van der Waals surface area contributed by atoms with Crippen molar-refractivity contribution >= 4 is 5.91 Å². The Bertz CT molecular complexity index is 200. The highest BCUT2D eigenvalue weighted by atomic mass is 16.2. The molecule has 1 amide bonds. The van der Waals surface area contributed by atoms with Crippen LogP contribution in [-0.2, 0) is 4.79 Å². The molecule has 3 heteroatoms. The molecule has 0 saturated carbocycles. The fourth-order valence-corrected chi connectivity index (χ4v) is 2.16. The highest BCUT2D eigenvalue weighted by molar-refractivity contribution is 5.85. The molecule has 0 bridgehead atoms. The van der Waals surface area contributed by atoms with Gasteiger partial charge in [0.1, 0.15) is 0 Å². The molecule has 0 radical (unpaired) electrons. The molecule has 0 spiro atoms. The molecule has 0 aliphatic carbocycles. The summed E-state index contributed by atoms with van der Waals surface area (Å²) < 4.78 is 0. The van der Waals surface area contributed by atoms with Crippen LogP contribution in [0, 0.1) is 0 Å². The predicted octanol–water partition coefficient (Wildman–Crippen LogP) is 0.317. The number of amides is 1. The first-order chi connectivity index (χ1) is 5.11. The zero-order valence-electron chi connectivity index (χ0n) is 7.05. The third-order valence-electron chi connectivity index (χ3n) is 2.70. The number of carbonyl (C=O) groups excluding carboxylic acids is 1. The van der Waals surface area contributed by atoms with Crippen molar-refractivity contribution in [2.45, 2.75) is 38.4 Å². The maximum atomic E-state index is 11.3. The SMILES string of the molecule is CC1(C)NC(=O)[C@@H]2CCCN21. The van der Waals surface area contributed by atoms with Crippen molar-refractivity contribution in [2.24, 2.45) is 0 Å². The van der Waals surface area contributed by atoms with Crippen LogP contribution < -0.4 is 5.32 Å². The molecule has 1 N–H and O–H groups in total. The van der Waals surface area contributed by atoms with Crippen LogP contribution in [0.25, 0.3) is 0 Å². The van der Waals surface area contributed by atoms with E-state index < -0.39 is 0 Å². The van der Waals surface area contributed by atoms with Crippen LogP contribution in [0.4, 0.5) is 0 Å². The van der Waals surface area contributed by atoms with Crippen LogP contribution in [0.1, 0.15) is 26.7 Å². The fraction of sp³-hybridized carbons (Fsp3) is 0.875. The summed E-state index contributed by atoms with van der Waals surface area (Å²) in [5, 5.41) is 2.98. The Balaban J connectivity index is 2.27. The van der Waals surface area contributed by atoms with Crippen LogP contribution in [0.5, 0.6) is 0 Å². The van der Waals surface area contributed by atoms with Gasteiger partial charge in [0.2, 0.25) is 5.91 Å². The first kappa shape index (κ1) is 7.10. The van der Waals surface area contributed by atoms with Gasteiger partial charge < -0.3 is 5.32 Å². The number of hydrogen-bond acceptors (Lipinski definition) is 2. The second kappa shape index (κ2) is 1.97. The van der Waals surface area contributed by atoms with Gasteiger partial charge in [-0.2, -0.15) is 0 Å². The molecule has 2 aliphatic rings. The molecule has 62 valence electrons. The summed E-state index contributed by atoms with van der Waals surface area (Å²) in [5.41, 5.74) is -0.0990. The van der Waals surface area contributed by atoms with E-state index in [9.17, 15) is 4.79 Å². The van der Waals surface area contributed by atoms with Gasteiger partial charge in [-0.3, -0.25) is 9.69 Å². The van der Waals surface area contributed by atoms with Crippen LogP contribution in [0.3, 0.4) is 0 Å². The summed E-state index contributed by atoms with van der Waals surface area (Å²) in [5.74, 6) is 0.215. The molecule has 0 unspecified atom stereocenters. The molecule has 11 heavy (non-hydrogen) atoms. The molecule has 1 atom stereocenters. The van der Waals surface area contributed by atoms with Gasteiger partial charge >= 0.3 is 0 Å². The Kier molecular flexibility index (Phi) is 1.27. The van der Waals surface area contributed by atoms with Gasteiger partial charge in [-0.25, -0.2) is 0 Å². The third kappa shape index (κ3) is 0.872. The minimum absolute atomic E-state index is 0.0990. The molecule has 2 heterocycles. The summed E-state index contributed by atoms with van der Waals surface area (Å²) >= 11 is 0. The van der Waals surface area contributed by atoms with Crippen LogP contribution in [-0.4, -0.2) is 29.1 Å². The zero-order chi connectivity index (χ0) is 8.06. The molecule has 3 nitrogen and oxygen atoms in total. The van der Waals surface area contributed by atoms with Gasteiger partial charge in [0.25, 0.3) is 0 Å². The van der Waals surface area contributed by atoms with Gasteiger partial charge in [0.15, 0.2) is 0 Å². The molecule has 2 aliphatic heterocycles. The van der Waals surface area contributed by atoms with E-state index in [-0.39, 0.29) is 17.6 Å². The molecule has 2 saturated heterocycles. The van der Waals surface area contributed by atoms with Gasteiger partial charge in [0, 0.05) is 6.54 Å². The number of nitrogens with zero attached hydrogens (tertiary/aromatic N) is 1. The number of hydrogen-bond donors (Lipinski definition) is 1.